The van der Waals surface area contributed by atoms with Crippen molar-refractivity contribution in [3.8, 4) is 11.3 Å². The number of carbonyl (C=O) groups excluding carboxylic acids is 1. The van der Waals surface area contributed by atoms with Gasteiger partial charge in [0.2, 0.25) is 5.91 Å². The van der Waals surface area contributed by atoms with Gasteiger partial charge in [-0.05, 0) is 53.9 Å². The Kier molecular flexibility index (Phi) is 4.29. The fourth-order valence-electron chi connectivity index (χ4n) is 2.77. The van der Waals surface area contributed by atoms with Gasteiger partial charge in [0.25, 0.3) is 0 Å². The van der Waals surface area contributed by atoms with Gasteiger partial charge in [-0.25, -0.2) is 13.2 Å². The SMILES string of the molecule is CNC(=O)CCc1c(-c2ccc(F)cc2)[nH]c2c(F)ccc(F)c12. The lowest BCUT2D eigenvalue weighted by Crippen LogP contribution is -2.18. The molecule has 1 heterocycles. The molecule has 0 unspecified atom stereocenters. The van der Waals surface area contributed by atoms with E-state index in [1.54, 1.807) is 0 Å². The molecule has 2 N–H and O–H groups in total. The summed E-state index contributed by atoms with van der Waals surface area (Å²) >= 11 is 0. The van der Waals surface area contributed by atoms with Gasteiger partial charge in [-0.2, -0.15) is 0 Å². The highest BCUT2D eigenvalue weighted by Crippen LogP contribution is 2.34. The Balaban J connectivity index is 2.19. The molecule has 0 atom stereocenters. The van der Waals surface area contributed by atoms with Crippen molar-refractivity contribution in [3.05, 3.63) is 59.4 Å². The van der Waals surface area contributed by atoms with Gasteiger partial charge in [0.1, 0.15) is 17.5 Å². The molecule has 24 heavy (non-hydrogen) atoms. The molecule has 3 rings (SSSR count). The Morgan fingerprint density at radius 1 is 1.04 bits per heavy atom. The van der Waals surface area contributed by atoms with Crippen LogP contribution in [0, 0.1) is 17.5 Å². The summed E-state index contributed by atoms with van der Waals surface area (Å²) in [6, 6.07) is 7.71. The summed E-state index contributed by atoms with van der Waals surface area (Å²) in [5.74, 6) is -1.76. The van der Waals surface area contributed by atoms with Crippen LogP contribution in [0.4, 0.5) is 13.2 Å². The standard InChI is InChI=1S/C18H15F3N2O/c1-22-15(24)9-6-12-16-13(20)7-8-14(21)18(16)23-17(12)10-2-4-11(19)5-3-10/h2-5,7-8,23H,6,9H2,1H3,(H,22,24). The first kappa shape index (κ1) is 16.1. The number of hydrogen-bond acceptors (Lipinski definition) is 1. The molecule has 0 saturated heterocycles. The van der Waals surface area contributed by atoms with Gasteiger partial charge in [0.15, 0.2) is 0 Å². The van der Waals surface area contributed by atoms with E-state index >= 15 is 0 Å². The lowest BCUT2D eigenvalue weighted by atomic mass is 10.0. The molecule has 0 aliphatic rings. The molecule has 0 fully saturated rings. The smallest absolute Gasteiger partial charge is 0.220 e. The number of halogens is 3. The van der Waals surface area contributed by atoms with Gasteiger partial charge in [-0.15, -0.1) is 0 Å². The van der Waals surface area contributed by atoms with Crippen LogP contribution in [0.25, 0.3) is 22.2 Å². The van der Waals surface area contributed by atoms with Crippen LogP contribution in [-0.2, 0) is 11.2 Å². The second kappa shape index (κ2) is 6.39. The second-order valence-electron chi connectivity index (χ2n) is 5.44. The largest absolute Gasteiger partial charge is 0.359 e. The van der Waals surface area contributed by atoms with Crippen LogP contribution in [0.5, 0.6) is 0 Å². The van der Waals surface area contributed by atoms with Crippen molar-refractivity contribution >= 4 is 16.8 Å². The predicted molar refractivity (Wildman–Crippen MR) is 86.0 cm³/mol. The number of amides is 1. The Labute approximate surface area is 136 Å². The van der Waals surface area contributed by atoms with Crippen LogP contribution in [-0.4, -0.2) is 17.9 Å². The Morgan fingerprint density at radius 3 is 2.38 bits per heavy atom. The van der Waals surface area contributed by atoms with Gasteiger partial charge < -0.3 is 10.3 Å². The molecular formula is C18H15F3N2O. The number of hydrogen-bond donors (Lipinski definition) is 2. The van der Waals surface area contributed by atoms with Crippen molar-refractivity contribution in [1.82, 2.24) is 10.3 Å². The maximum absolute atomic E-state index is 14.3. The molecule has 0 saturated carbocycles. The number of aromatic nitrogens is 1. The number of aromatic amines is 1. The lowest BCUT2D eigenvalue weighted by molar-refractivity contribution is -0.120. The van der Waals surface area contributed by atoms with Crippen LogP contribution < -0.4 is 5.32 Å². The minimum Gasteiger partial charge on any atom is -0.359 e. The number of H-pyrrole nitrogens is 1. The highest BCUT2D eigenvalue weighted by Gasteiger charge is 2.19. The molecule has 3 nitrogen and oxygen atoms in total. The van der Waals surface area contributed by atoms with Crippen molar-refractivity contribution in [2.24, 2.45) is 0 Å². The van der Waals surface area contributed by atoms with Crippen molar-refractivity contribution in [3.63, 3.8) is 0 Å². The van der Waals surface area contributed by atoms with E-state index in [0.29, 0.717) is 16.8 Å². The second-order valence-corrected chi connectivity index (χ2v) is 5.44. The number of aryl methyl sites for hydroxylation is 1. The normalized spacial score (nSPS) is 11.0. The maximum Gasteiger partial charge on any atom is 0.220 e. The molecule has 124 valence electrons. The Morgan fingerprint density at radius 2 is 1.71 bits per heavy atom. The minimum absolute atomic E-state index is 0.0428. The van der Waals surface area contributed by atoms with Gasteiger partial charge >= 0.3 is 0 Å². The Hall–Kier alpha value is -2.76. The van der Waals surface area contributed by atoms with Crippen LogP contribution in [0.15, 0.2) is 36.4 Å². The highest BCUT2D eigenvalue weighted by atomic mass is 19.1. The first-order valence-electron chi connectivity index (χ1n) is 7.46. The summed E-state index contributed by atoms with van der Waals surface area (Å²) in [5, 5.41) is 2.62. The molecule has 0 aliphatic heterocycles. The van der Waals surface area contributed by atoms with E-state index in [4.69, 9.17) is 0 Å². The maximum atomic E-state index is 14.3. The van der Waals surface area contributed by atoms with E-state index in [1.807, 2.05) is 0 Å². The number of fused-ring (bicyclic) bond motifs is 1. The van der Waals surface area contributed by atoms with Gasteiger partial charge in [-0.3, -0.25) is 4.79 Å². The summed E-state index contributed by atoms with van der Waals surface area (Å²) < 4.78 is 41.5. The van der Waals surface area contributed by atoms with E-state index in [9.17, 15) is 18.0 Å². The summed E-state index contributed by atoms with van der Waals surface area (Å²) in [4.78, 5) is 14.4. The van der Waals surface area contributed by atoms with Crippen molar-refractivity contribution in [2.45, 2.75) is 12.8 Å². The van der Waals surface area contributed by atoms with E-state index in [2.05, 4.69) is 10.3 Å². The van der Waals surface area contributed by atoms with Gasteiger partial charge in [0, 0.05) is 24.5 Å². The first-order chi connectivity index (χ1) is 11.5. The van der Waals surface area contributed by atoms with E-state index < -0.39 is 17.5 Å². The van der Waals surface area contributed by atoms with E-state index in [0.717, 1.165) is 12.1 Å². The average Bonchev–Trinajstić information content (AvgIpc) is 2.97. The van der Waals surface area contributed by atoms with Gasteiger partial charge in [-0.1, -0.05) is 0 Å². The molecule has 1 amide bonds. The Bertz CT molecular complexity index is 901. The predicted octanol–water partition coefficient (Wildman–Crippen LogP) is 3.93. The fraction of sp³-hybridized carbons (Fsp3) is 0.167. The van der Waals surface area contributed by atoms with Gasteiger partial charge in [0.05, 0.1) is 5.52 Å². The lowest BCUT2D eigenvalue weighted by Gasteiger charge is -2.06. The van der Waals surface area contributed by atoms with Crippen molar-refractivity contribution in [2.75, 3.05) is 7.05 Å². The zero-order valence-corrected chi connectivity index (χ0v) is 12.9. The zero-order chi connectivity index (χ0) is 17.3. The first-order valence-corrected chi connectivity index (χ1v) is 7.46. The summed E-state index contributed by atoms with van der Waals surface area (Å²) in [5.41, 5.74) is 1.62. The van der Waals surface area contributed by atoms with Crippen LogP contribution in [0.1, 0.15) is 12.0 Å². The third-order valence-electron chi connectivity index (χ3n) is 3.97. The molecule has 0 spiro atoms. The third kappa shape index (κ3) is 2.87. The fourth-order valence-corrected chi connectivity index (χ4v) is 2.77. The molecule has 6 heteroatoms. The van der Waals surface area contributed by atoms with Crippen LogP contribution >= 0.6 is 0 Å². The van der Waals surface area contributed by atoms with Crippen molar-refractivity contribution < 1.29 is 18.0 Å². The number of carbonyl (C=O) groups is 1. The minimum atomic E-state index is -0.582. The average molecular weight is 332 g/mol. The van der Waals surface area contributed by atoms with Crippen molar-refractivity contribution in [1.29, 1.82) is 0 Å². The molecule has 0 bridgehead atoms. The van der Waals surface area contributed by atoms with E-state index in [1.165, 1.54) is 31.3 Å². The zero-order valence-electron chi connectivity index (χ0n) is 12.9. The summed E-state index contributed by atoms with van der Waals surface area (Å²) in [7, 11) is 1.51. The quantitative estimate of drug-likeness (QED) is 0.747. The van der Waals surface area contributed by atoms with Crippen LogP contribution in [0.3, 0.4) is 0 Å². The molecule has 1 aromatic heterocycles. The molecule has 0 aliphatic carbocycles. The molecule has 3 aromatic rings. The molecule has 0 radical (unpaired) electrons. The number of nitrogens with one attached hydrogen (secondary N) is 2. The third-order valence-corrected chi connectivity index (χ3v) is 3.97. The molecular weight excluding hydrogens is 317 g/mol. The number of benzene rings is 2. The summed E-state index contributed by atoms with van der Waals surface area (Å²) in [6.07, 6.45) is 0.361. The van der Waals surface area contributed by atoms with Crippen LogP contribution in [0.2, 0.25) is 0 Å². The van der Waals surface area contributed by atoms with E-state index in [-0.39, 0.29) is 29.7 Å². The monoisotopic (exact) mass is 332 g/mol. The highest BCUT2D eigenvalue weighted by molar-refractivity contribution is 5.92. The topological polar surface area (TPSA) is 44.9 Å². The molecule has 2 aromatic carbocycles. The number of rotatable bonds is 4. The summed E-state index contributed by atoms with van der Waals surface area (Å²) in [6.45, 7) is 0.